The van der Waals surface area contributed by atoms with E-state index >= 15 is 0 Å². The summed E-state index contributed by atoms with van der Waals surface area (Å²) < 4.78 is 36.9. The van der Waals surface area contributed by atoms with Crippen LogP contribution in [0.5, 0.6) is 5.75 Å². The fraction of sp³-hybridized carbons (Fsp3) is 0.450. The summed E-state index contributed by atoms with van der Waals surface area (Å²) >= 11 is -0.997. The van der Waals surface area contributed by atoms with Gasteiger partial charge in [0.15, 0.2) is 0 Å². The van der Waals surface area contributed by atoms with Crippen molar-refractivity contribution in [2.75, 3.05) is 36.8 Å². The Morgan fingerprint density at radius 2 is 1.93 bits per heavy atom. The van der Waals surface area contributed by atoms with E-state index in [9.17, 15) is 13.7 Å². The van der Waals surface area contributed by atoms with Crippen LogP contribution in [0.15, 0.2) is 41.5 Å². The van der Waals surface area contributed by atoms with Crippen LogP contribution in [0.25, 0.3) is 0 Å². The van der Waals surface area contributed by atoms with Crippen molar-refractivity contribution in [2.24, 2.45) is 0 Å². The van der Waals surface area contributed by atoms with Crippen molar-refractivity contribution in [1.82, 2.24) is 4.90 Å². The number of anilines is 1. The van der Waals surface area contributed by atoms with Crippen LogP contribution in [0.2, 0.25) is 0 Å². The predicted molar refractivity (Wildman–Crippen MR) is 107 cm³/mol. The van der Waals surface area contributed by atoms with Gasteiger partial charge in [-0.1, -0.05) is 0 Å². The molecule has 8 heteroatoms. The van der Waals surface area contributed by atoms with Gasteiger partial charge in [0.05, 0.1) is 5.69 Å². The molecule has 1 atom stereocenters. The first kappa shape index (κ1) is 20.5. The molecule has 6 nitrogen and oxygen atoms in total. The highest BCUT2D eigenvalue weighted by molar-refractivity contribution is 7.94. The van der Waals surface area contributed by atoms with Crippen LogP contribution < -0.4 is 9.64 Å². The second-order valence-electron chi connectivity index (χ2n) is 7.63. The number of carbonyl (C=O) groups excluding carboxylic acids is 1. The molecule has 2 aliphatic heterocycles. The molecule has 152 valence electrons. The Balaban J connectivity index is 1.58. The zero-order valence-electron chi connectivity index (χ0n) is 16.3. The molecule has 1 saturated heterocycles. The lowest BCUT2D eigenvalue weighted by molar-refractivity contribution is 0.0240. The third-order valence-corrected chi connectivity index (χ3v) is 5.19. The Labute approximate surface area is 167 Å². The first-order valence-electron chi connectivity index (χ1n) is 9.17. The van der Waals surface area contributed by atoms with Crippen LogP contribution in [0, 0.1) is 5.82 Å². The van der Waals surface area contributed by atoms with Gasteiger partial charge in [-0.3, -0.25) is 0 Å². The lowest BCUT2D eigenvalue weighted by Gasteiger charge is -2.36. The molecule has 0 unspecified atom stereocenters. The maximum Gasteiger partial charge on any atom is 0.410 e. The second kappa shape index (κ2) is 8.45. The van der Waals surface area contributed by atoms with Crippen LogP contribution in [-0.2, 0) is 15.9 Å². The summed E-state index contributed by atoms with van der Waals surface area (Å²) in [6, 6.07) is 4.73. The van der Waals surface area contributed by atoms with Gasteiger partial charge in [0.25, 0.3) is 0 Å². The van der Waals surface area contributed by atoms with Crippen molar-refractivity contribution in [3.8, 4) is 5.75 Å². The van der Waals surface area contributed by atoms with E-state index < -0.39 is 16.8 Å². The molecular weight excluding hydrogens is 383 g/mol. The number of amides is 1. The van der Waals surface area contributed by atoms with Crippen molar-refractivity contribution in [1.29, 1.82) is 0 Å². The Hall–Kier alpha value is -2.19. The van der Waals surface area contributed by atoms with Gasteiger partial charge in [-0.25, -0.2) is 9.18 Å². The van der Waals surface area contributed by atoms with E-state index in [0.717, 1.165) is 0 Å². The fourth-order valence-electron chi connectivity index (χ4n) is 2.91. The van der Waals surface area contributed by atoms with Crippen LogP contribution in [0.1, 0.15) is 20.8 Å². The average molecular weight is 408 g/mol. The average Bonchev–Trinajstić information content (AvgIpc) is 2.63. The van der Waals surface area contributed by atoms with Gasteiger partial charge >= 0.3 is 6.09 Å². The summed E-state index contributed by atoms with van der Waals surface area (Å²) in [6.45, 7) is 7.49. The minimum atomic E-state index is -0.997. The Bertz CT molecular complexity index is 783. The standard InChI is InChI=1S/C20H25FN2O4S/c1-20(2,3)27-19(24)23-10-8-22(9-11-23)18-5-4-16(14-17(18)21)26-15-6-12-28(25)13-7-15/h4-7,12,14H,8-11,13H2,1-3H3/t28-/m1/s1. The topological polar surface area (TPSA) is 65.1 Å². The van der Waals surface area contributed by atoms with Gasteiger partial charge in [0, 0.05) is 44.4 Å². The van der Waals surface area contributed by atoms with Gasteiger partial charge in [-0.15, -0.1) is 0 Å². The van der Waals surface area contributed by atoms with Crippen molar-refractivity contribution < 1.29 is 23.2 Å². The Kier molecular flexibility index (Phi) is 6.20. The zero-order valence-corrected chi connectivity index (χ0v) is 17.1. The van der Waals surface area contributed by atoms with Gasteiger partial charge in [0.1, 0.15) is 34.1 Å². The number of allylic oxidation sites excluding steroid dienone is 1. The number of carbonyl (C=O) groups is 1. The highest BCUT2D eigenvalue weighted by Crippen LogP contribution is 2.27. The summed E-state index contributed by atoms with van der Waals surface area (Å²) in [5, 5.41) is 1.56. The maximum atomic E-state index is 14.6. The minimum Gasteiger partial charge on any atom is -0.612 e. The number of benzene rings is 1. The number of hydrogen-bond acceptors (Lipinski definition) is 5. The van der Waals surface area contributed by atoms with E-state index in [1.807, 2.05) is 25.7 Å². The highest BCUT2D eigenvalue weighted by atomic mass is 32.2. The number of nitrogens with zero attached hydrogens (tertiary/aromatic N) is 2. The second-order valence-corrected chi connectivity index (χ2v) is 8.99. The van der Waals surface area contributed by atoms with E-state index in [1.165, 1.54) is 6.07 Å². The number of piperazine rings is 1. The lowest BCUT2D eigenvalue weighted by atomic mass is 10.2. The van der Waals surface area contributed by atoms with E-state index in [1.54, 1.807) is 34.6 Å². The summed E-state index contributed by atoms with van der Waals surface area (Å²) in [5.41, 5.74) is -0.0563. The SMILES string of the molecule is CC(C)(C)OC(=O)N1CCN(c2ccc(OC3=CC[S@+]([O-])C=C3)cc2F)CC1. The molecule has 0 aromatic heterocycles. The quantitative estimate of drug-likeness (QED) is 0.717. The van der Waals surface area contributed by atoms with Crippen LogP contribution in [0.4, 0.5) is 14.9 Å². The van der Waals surface area contributed by atoms with Gasteiger partial charge < -0.3 is 23.8 Å². The summed E-state index contributed by atoms with van der Waals surface area (Å²) in [4.78, 5) is 15.7. The normalized spacial score (nSPS) is 20.0. The molecule has 0 aliphatic carbocycles. The number of halogens is 1. The van der Waals surface area contributed by atoms with E-state index in [-0.39, 0.29) is 11.9 Å². The van der Waals surface area contributed by atoms with Gasteiger partial charge in [0.2, 0.25) is 0 Å². The monoisotopic (exact) mass is 408 g/mol. The van der Waals surface area contributed by atoms with Crippen molar-refractivity contribution in [3.05, 3.63) is 47.3 Å². The molecule has 28 heavy (non-hydrogen) atoms. The first-order valence-corrected chi connectivity index (χ1v) is 10.6. The first-order chi connectivity index (χ1) is 13.2. The van der Waals surface area contributed by atoms with E-state index in [2.05, 4.69) is 0 Å². The molecule has 1 aromatic carbocycles. The summed E-state index contributed by atoms with van der Waals surface area (Å²) in [6.07, 6.45) is 3.00. The minimum absolute atomic E-state index is 0.342. The van der Waals surface area contributed by atoms with E-state index in [4.69, 9.17) is 9.47 Å². The fourth-order valence-corrected chi connectivity index (χ4v) is 3.63. The third kappa shape index (κ3) is 5.42. The molecule has 1 aromatic rings. The van der Waals surface area contributed by atoms with Crippen molar-refractivity contribution in [3.63, 3.8) is 0 Å². The van der Waals surface area contributed by atoms with Crippen LogP contribution in [-0.4, -0.2) is 53.1 Å². The molecular formula is C20H25FN2O4S. The number of rotatable bonds is 3. The van der Waals surface area contributed by atoms with Gasteiger partial charge in [-0.2, -0.15) is 0 Å². The maximum absolute atomic E-state index is 14.6. The van der Waals surface area contributed by atoms with Crippen molar-refractivity contribution in [2.45, 2.75) is 26.4 Å². The lowest BCUT2D eigenvalue weighted by Crippen LogP contribution is -2.50. The molecule has 3 rings (SSSR count). The Morgan fingerprint density at radius 3 is 2.50 bits per heavy atom. The van der Waals surface area contributed by atoms with Crippen molar-refractivity contribution >= 4 is 23.0 Å². The number of ether oxygens (including phenoxy) is 2. The highest BCUT2D eigenvalue weighted by Gasteiger charge is 2.27. The molecule has 0 bridgehead atoms. The third-order valence-electron chi connectivity index (χ3n) is 4.26. The predicted octanol–water partition coefficient (Wildman–Crippen LogP) is 3.42. The summed E-state index contributed by atoms with van der Waals surface area (Å²) in [5.74, 6) is 0.955. The largest absolute Gasteiger partial charge is 0.612 e. The molecule has 1 amide bonds. The molecule has 1 fully saturated rings. The van der Waals surface area contributed by atoms with Gasteiger partial charge in [-0.05, 0) is 44.1 Å². The molecule has 0 radical (unpaired) electrons. The summed E-state index contributed by atoms with van der Waals surface area (Å²) in [7, 11) is 0. The number of hydrogen-bond donors (Lipinski definition) is 0. The van der Waals surface area contributed by atoms with Crippen LogP contribution >= 0.6 is 0 Å². The molecule has 0 spiro atoms. The smallest absolute Gasteiger partial charge is 0.410 e. The molecule has 2 heterocycles. The Morgan fingerprint density at radius 1 is 1.21 bits per heavy atom. The molecule has 2 aliphatic rings. The van der Waals surface area contributed by atoms with Crippen LogP contribution in [0.3, 0.4) is 0 Å². The zero-order chi connectivity index (χ0) is 20.3. The molecule has 0 N–H and O–H groups in total. The van der Waals surface area contributed by atoms with E-state index in [0.29, 0.717) is 49.1 Å². The molecule has 0 saturated carbocycles.